The summed E-state index contributed by atoms with van der Waals surface area (Å²) in [6.45, 7) is 2.37. The van der Waals surface area contributed by atoms with Gasteiger partial charge in [0.05, 0.1) is 0 Å². The summed E-state index contributed by atoms with van der Waals surface area (Å²) in [4.78, 5) is 42.3. The monoisotopic (exact) mass is 248 g/mol. The topological polar surface area (TPSA) is 127 Å². The molecule has 0 amide bonds. The van der Waals surface area contributed by atoms with E-state index in [9.17, 15) is 19.2 Å². The lowest BCUT2D eigenvalue weighted by atomic mass is 10.3. The molecule has 0 aromatic rings. The van der Waals surface area contributed by atoms with Crippen molar-refractivity contribution in [2.24, 2.45) is 0 Å². The fraction of sp³-hybridized carbons (Fsp3) is 0.556. The maximum atomic E-state index is 11.0. The second-order valence-electron chi connectivity index (χ2n) is 3.49. The van der Waals surface area contributed by atoms with Gasteiger partial charge in [-0.2, -0.15) is 0 Å². The summed E-state index contributed by atoms with van der Waals surface area (Å²) < 4.78 is 9.09. The van der Waals surface area contributed by atoms with Crippen LogP contribution in [0.2, 0.25) is 0 Å². The number of hydrogen-bond acceptors (Lipinski definition) is 6. The van der Waals surface area contributed by atoms with Crippen molar-refractivity contribution in [1.82, 2.24) is 0 Å². The molecule has 0 saturated carbocycles. The first-order valence-electron chi connectivity index (χ1n) is 4.49. The number of carboxylic acids is 2. The highest BCUT2D eigenvalue weighted by atomic mass is 16.7. The van der Waals surface area contributed by atoms with Gasteiger partial charge in [0.2, 0.25) is 0 Å². The van der Waals surface area contributed by atoms with E-state index in [1.54, 1.807) is 0 Å². The molecule has 96 valence electrons. The van der Waals surface area contributed by atoms with E-state index in [1.807, 2.05) is 0 Å². The molecule has 0 saturated heterocycles. The molecular formula is C9H12O8. The second kappa shape index (κ2) is 5.83. The molecule has 0 aromatic carbocycles. The molecule has 0 fully saturated rings. The van der Waals surface area contributed by atoms with Crippen LogP contribution in [0.5, 0.6) is 0 Å². The third kappa shape index (κ3) is 7.77. The number of carbonyl (C=O) groups is 4. The van der Waals surface area contributed by atoms with Gasteiger partial charge in [-0.15, -0.1) is 0 Å². The molecule has 0 aliphatic rings. The third-order valence-electron chi connectivity index (χ3n) is 1.31. The summed E-state index contributed by atoms with van der Waals surface area (Å²) in [5.41, 5.74) is 0. The molecule has 0 aromatic heterocycles. The minimum absolute atomic E-state index is 0.875. The van der Waals surface area contributed by atoms with Crippen LogP contribution < -0.4 is 0 Å². The van der Waals surface area contributed by atoms with Gasteiger partial charge in [-0.25, -0.2) is 0 Å². The number of carboxylic acid groups (broad SMARTS) is 2. The van der Waals surface area contributed by atoms with E-state index in [0.29, 0.717) is 0 Å². The lowest BCUT2D eigenvalue weighted by Gasteiger charge is -2.24. The molecule has 0 spiro atoms. The van der Waals surface area contributed by atoms with E-state index in [4.69, 9.17) is 10.2 Å². The predicted molar refractivity (Wildman–Crippen MR) is 50.8 cm³/mol. The van der Waals surface area contributed by atoms with Crippen molar-refractivity contribution in [1.29, 1.82) is 0 Å². The molecule has 0 radical (unpaired) electrons. The van der Waals surface area contributed by atoms with Gasteiger partial charge in [0.25, 0.3) is 5.79 Å². The molecule has 0 unspecified atom stereocenters. The molecule has 0 aliphatic heterocycles. The minimum atomic E-state index is -1.71. The van der Waals surface area contributed by atoms with Crippen LogP contribution in [0.4, 0.5) is 0 Å². The number of carbonyl (C=O) groups excluding carboxylic acids is 2. The number of hydrogen-bond donors (Lipinski definition) is 2. The Morgan fingerprint density at radius 3 is 1.41 bits per heavy atom. The molecule has 17 heavy (non-hydrogen) atoms. The smallest absolute Gasteiger partial charge is 0.320 e. The van der Waals surface area contributed by atoms with Gasteiger partial charge in [0, 0.05) is 13.8 Å². The molecule has 8 heteroatoms. The molecule has 2 N–H and O–H groups in total. The Morgan fingerprint density at radius 1 is 0.882 bits per heavy atom. The van der Waals surface area contributed by atoms with E-state index in [1.165, 1.54) is 13.8 Å². The summed E-state index contributed by atoms with van der Waals surface area (Å²) in [5.74, 6) is -6.67. The Hall–Kier alpha value is -2.12. The van der Waals surface area contributed by atoms with Gasteiger partial charge in [-0.3, -0.25) is 19.2 Å². The zero-order valence-electron chi connectivity index (χ0n) is 9.26. The first-order chi connectivity index (χ1) is 7.62. The summed E-state index contributed by atoms with van der Waals surface area (Å²) in [6.07, 6.45) is -1.75. The lowest BCUT2D eigenvalue weighted by molar-refractivity contribution is -0.216. The fourth-order valence-electron chi connectivity index (χ4n) is 0.888. The number of rotatable bonds is 6. The van der Waals surface area contributed by atoms with E-state index < -0.39 is 42.5 Å². The molecule has 0 bridgehead atoms. The first kappa shape index (κ1) is 14.9. The highest BCUT2D eigenvalue weighted by molar-refractivity contribution is 5.91. The number of ether oxygens (including phenoxy) is 2. The molecule has 8 nitrogen and oxygen atoms in total. The second-order valence-corrected chi connectivity index (χ2v) is 3.49. The Balaban J connectivity index is 4.28. The van der Waals surface area contributed by atoms with Crippen molar-refractivity contribution in [3.8, 4) is 0 Å². The Bertz CT molecular complexity index is 311. The predicted octanol–water partition coefficient (Wildman–Crippen LogP) is -0.242. The minimum Gasteiger partial charge on any atom is -0.481 e. The van der Waals surface area contributed by atoms with Crippen molar-refractivity contribution in [2.75, 3.05) is 0 Å². The lowest BCUT2D eigenvalue weighted by Crippen LogP contribution is -2.35. The highest BCUT2D eigenvalue weighted by Gasteiger charge is 2.29. The van der Waals surface area contributed by atoms with Crippen LogP contribution in [-0.4, -0.2) is 39.9 Å². The standard InChI is InChI=1S/C9H12O8/c1-9(2,16-7(14)3-5(10)11)17-8(15)4-6(12)13/h3-4H2,1-2H3,(H,10,11)(H,12,13). The maximum Gasteiger partial charge on any atom is 0.320 e. The van der Waals surface area contributed by atoms with Crippen molar-refractivity contribution < 1.29 is 38.9 Å². The highest BCUT2D eigenvalue weighted by Crippen LogP contribution is 2.13. The number of aliphatic carboxylic acids is 2. The van der Waals surface area contributed by atoms with Crippen molar-refractivity contribution >= 4 is 23.9 Å². The Morgan fingerprint density at radius 2 is 1.18 bits per heavy atom. The number of esters is 2. The summed E-state index contributed by atoms with van der Waals surface area (Å²) in [6, 6.07) is 0. The van der Waals surface area contributed by atoms with Crippen LogP contribution in [-0.2, 0) is 28.7 Å². The summed E-state index contributed by atoms with van der Waals surface area (Å²) in [7, 11) is 0. The Labute approximate surface area is 96.1 Å². The van der Waals surface area contributed by atoms with E-state index in [0.717, 1.165) is 0 Å². The third-order valence-corrected chi connectivity index (χ3v) is 1.31. The van der Waals surface area contributed by atoms with E-state index in [2.05, 4.69) is 9.47 Å². The zero-order chi connectivity index (χ0) is 13.6. The van der Waals surface area contributed by atoms with Gasteiger partial charge in [-0.05, 0) is 0 Å². The maximum absolute atomic E-state index is 11.0. The molecule has 0 heterocycles. The molecule has 0 rings (SSSR count). The Kier molecular flexibility index (Phi) is 5.10. The molecule has 0 aliphatic carbocycles. The van der Waals surface area contributed by atoms with Crippen LogP contribution in [0.15, 0.2) is 0 Å². The summed E-state index contributed by atoms with van der Waals surface area (Å²) >= 11 is 0. The van der Waals surface area contributed by atoms with Crippen LogP contribution >= 0.6 is 0 Å². The quantitative estimate of drug-likeness (QED) is 0.374. The fourth-order valence-corrected chi connectivity index (χ4v) is 0.888. The van der Waals surface area contributed by atoms with E-state index in [-0.39, 0.29) is 0 Å². The SMILES string of the molecule is CC(C)(OC(=O)CC(=O)O)OC(=O)CC(=O)O. The van der Waals surface area contributed by atoms with Gasteiger partial charge >= 0.3 is 23.9 Å². The van der Waals surface area contributed by atoms with E-state index >= 15 is 0 Å². The normalized spacial score (nSPS) is 10.5. The molecular weight excluding hydrogens is 236 g/mol. The average Bonchev–Trinajstić information content (AvgIpc) is 1.95. The van der Waals surface area contributed by atoms with Gasteiger partial charge < -0.3 is 19.7 Å². The van der Waals surface area contributed by atoms with Gasteiger partial charge in [0.1, 0.15) is 12.8 Å². The van der Waals surface area contributed by atoms with Crippen LogP contribution in [0.1, 0.15) is 26.7 Å². The van der Waals surface area contributed by atoms with Gasteiger partial charge in [-0.1, -0.05) is 0 Å². The zero-order valence-corrected chi connectivity index (χ0v) is 9.26. The van der Waals surface area contributed by atoms with Crippen LogP contribution in [0, 0.1) is 0 Å². The first-order valence-corrected chi connectivity index (χ1v) is 4.49. The summed E-state index contributed by atoms with van der Waals surface area (Å²) in [5, 5.41) is 16.6. The van der Waals surface area contributed by atoms with Crippen molar-refractivity contribution in [3.63, 3.8) is 0 Å². The largest absolute Gasteiger partial charge is 0.481 e. The molecule has 0 atom stereocenters. The van der Waals surface area contributed by atoms with Crippen molar-refractivity contribution in [2.45, 2.75) is 32.5 Å². The van der Waals surface area contributed by atoms with Crippen LogP contribution in [0.25, 0.3) is 0 Å². The van der Waals surface area contributed by atoms with Gasteiger partial charge in [0.15, 0.2) is 0 Å². The van der Waals surface area contributed by atoms with Crippen molar-refractivity contribution in [3.05, 3.63) is 0 Å². The van der Waals surface area contributed by atoms with Crippen LogP contribution in [0.3, 0.4) is 0 Å². The average molecular weight is 248 g/mol.